The quantitative estimate of drug-likeness (QED) is 0.427. The standard InChI is InChI=1S/C27H29F3N2O3/c1-15-11-24(35-2)21(19-7-9-31-25(15)19)14-32-10-8-18(20-13-22(20)27(28,29)30)12-23(32)16-3-5-17(6-4-16)26(33)34/h3-7,9,11,18,20,22-23,31H,8,10,12-14H2,1-2H3,(H,33,34)/t18-,20?,22-,23-/m0/s1. The first-order valence-electron chi connectivity index (χ1n) is 11.9. The van der Waals surface area contributed by atoms with Crippen molar-refractivity contribution in [2.75, 3.05) is 13.7 Å². The van der Waals surface area contributed by atoms with Crippen LogP contribution in [0.4, 0.5) is 13.2 Å². The Bertz CT molecular complexity index is 1230. The van der Waals surface area contributed by atoms with Gasteiger partial charge in [-0.2, -0.15) is 13.2 Å². The molecule has 0 radical (unpaired) electrons. The Balaban J connectivity index is 1.47. The summed E-state index contributed by atoms with van der Waals surface area (Å²) in [4.78, 5) is 16.9. The Morgan fingerprint density at radius 2 is 1.94 bits per heavy atom. The van der Waals surface area contributed by atoms with E-state index in [-0.39, 0.29) is 29.9 Å². The minimum Gasteiger partial charge on any atom is -0.496 e. The SMILES string of the molecule is COc1cc(C)c2[nH]ccc2c1CN1CC[C@H](C2C[C@@H]2C(F)(F)F)C[C@H]1c1ccc(C(=O)O)cc1. The van der Waals surface area contributed by atoms with Gasteiger partial charge in [-0.25, -0.2) is 4.79 Å². The van der Waals surface area contributed by atoms with Gasteiger partial charge in [0.05, 0.1) is 18.6 Å². The molecular weight excluding hydrogens is 457 g/mol. The number of fused-ring (bicyclic) bond motifs is 1. The highest BCUT2D eigenvalue weighted by atomic mass is 19.4. The molecule has 2 N–H and O–H groups in total. The number of aryl methyl sites for hydroxylation is 1. The average molecular weight is 487 g/mol. The van der Waals surface area contributed by atoms with Crippen LogP contribution in [-0.2, 0) is 6.54 Å². The summed E-state index contributed by atoms with van der Waals surface area (Å²) in [5, 5.41) is 10.4. The largest absolute Gasteiger partial charge is 0.496 e. The van der Waals surface area contributed by atoms with Crippen molar-refractivity contribution < 1.29 is 27.8 Å². The summed E-state index contributed by atoms with van der Waals surface area (Å²) in [6.45, 7) is 3.28. The van der Waals surface area contributed by atoms with Crippen LogP contribution in [0.15, 0.2) is 42.6 Å². The first-order valence-corrected chi connectivity index (χ1v) is 11.9. The number of H-pyrrole nitrogens is 1. The summed E-state index contributed by atoms with van der Waals surface area (Å²) < 4.78 is 45.6. The molecule has 1 aliphatic carbocycles. The second-order valence-corrected chi connectivity index (χ2v) is 9.89. The van der Waals surface area contributed by atoms with Crippen LogP contribution in [0.2, 0.25) is 0 Å². The number of aromatic nitrogens is 1. The lowest BCUT2D eigenvalue weighted by Crippen LogP contribution is -2.37. The van der Waals surface area contributed by atoms with Crippen molar-refractivity contribution in [3.63, 3.8) is 0 Å². The van der Waals surface area contributed by atoms with Gasteiger partial charge in [-0.1, -0.05) is 12.1 Å². The molecule has 1 saturated carbocycles. The van der Waals surface area contributed by atoms with Crippen LogP contribution in [0, 0.1) is 24.7 Å². The number of likely N-dealkylation sites (tertiary alicyclic amines) is 1. The Hall–Kier alpha value is -3.00. The fourth-order valence-electron chi connectivity index (χ4n) is 5.91. The van der Waals surface area contributed by atoms with E-state index < -0.39 is 18.1 Å². The van der Waals surface area contributed by atoms with Gasteiger partial charge in [0.15, 0.2) is 0 Å². The van der Waals surface area contributed by atoms with E-state index >= 15 is 0 Å². The number of methoxy groups -OCH3 is 1. The van der Waals surface area contributed by atoms with Crippen LogP contribution in [0.25, 0.3) is 10.9 Å². The van der Waals surface area contributed by atoms with Crippen molar-refractivity contribution in [3.05, 3.63) is 64.8 Å². The highest BCUT2D eigenvalue weighted by molar-refractivity contribution is 5.88. The molecule has 1 aliphatic heterocycles. The van der Waals surface area contributed by atoms with Gasteiger partial charge in [0.2, 0.25) is 0 Å². The van der Waals surface area contributed by atoms with Crippen molar-refractivity contribution in [2.45, 2.75) is 44.9 Å². The molecule has 3 aromatic rings. The van der Waals surface area contributed by atoms with Crippen LogP contribution in [-0.4, -0.2) is 40.8 Å². The number of aromatic amines is 1. The van der Waals surface area contributed by atoms with E-state index in [2.05, 4.69) is 9.88 Å². The highest BCUT2D eigenvalue weighted by Gasteiger charge is 2.58. The van der Waals surface area contributed by atoms with E-state index in [1.165, 1.54) is 0 Å². The molecule has 1 unspecified atom stereocenters. The van der Waals surface area contributed by atoms with Crippen molar-refractivity contribution in [2.24, 2.45) is 17.8 Å². The van der Waals surface area contributed by atoms with Crippen LogP contribution in [0.5, 0.6) is 5.75 Å². The topological polar surface area (TPSA) is 65.6 Å². The first-order chi connectivity index (χ1) is 16.7. The van der Waals surface area contributed by atoms with Gasteiger partial charge in [-0.3, -0.25) is 4.90 Å². The van der Waals surface area contributed by atoms with Gasteiger partial charge in [0.25, 0.3) is 0 Å². The van der Waals surface area contributed by atoms with Crippen molar-refractivity contribution in [3.8, 4) is 5.75 Å². The number of nitrogens with zero attached hydrogens (tertiary/aromatic N) is 1. The molecule has 1 aromatic heterocycles. The van der Waals surface area contributed by atoms with E-state index in [0.29, 0.717) is 25.9 Å². The third kappa shape index (κ3) is 4.51. The summed E-state index contributed by atoms with van der Waals surface area (Å²) in [5.41, 5.74) is 4.29. The van der Waals surface area contributed by atoms with Gasteiger partial charge in [0, 0.05) is 35.2 Å². The number of hydrogen-bond donors (Lipinski definition) is 2. The van der Waals surface area contributed by atoms with E-state index in [9.17, 15) is 23.1 Å². The molecule has 35 heavy (non-hydrogen) atoms. The van der Waals surface area contributed by atoms with Gasteiger partial charge in [-0.05, 0) is 80.0 Å². The fourth-order valence-corrected chi connectivity index (χ4v) is 5.91. The van der Waals surface area contributed by atoms with Gasteiger partial charge in [-0.15, -0.1) is 0 Å². The number of alkyl halides is 3. The number of hydrogen-bond acceptors (Lipinski definition) is 3. The van der Waals surface area contributed by atoms with Gasteiger partial charge < -0.3 is 14.8 Å². The number of carboxylic acid groups (broad SMARTS) is 1. The summed E-state index contributed by atoms with van der Waals surface area (Å²) in [5.74, 6) is -1.72. The van der Waals surface area contributed by atoms with Crippen molar-refractivity contribution >= 4 is 16.9 Å². The van der Waals surface area contributed by atoms with Crippen LogP contribution < -0.4 is 4.74 Å². The third-order valence-corrected chi connectivity index (χ3v) is 7.85. The van der Waals surface area contributed by atoms with E-state index in [1.807, 2.05) is 25.3 Å². The molecule has 2 aromatic carbocycles. The van der Waals surface area contributed by atoms with Crippen molar-refractivity contribution in [1.29, 1.82) is 0 Å². The zero-order valence-corrected chi connectivity index (χ0v) is 19.7. The number of halogens is 3. The molecule has 4 atom stereocenters. The Kier molecular flexibility index (Phi) is 6.03. The molecule has 8 heteroatoms. The number of carbonyl (C=O) groups is 1. The Morgan fingerprint density at radius 1 is 1.20 bits per heavy atom. The van der Waals surface area contributed by atoms with E-state index in [0.717, 1.165) is 33.3 Å². The summed E-state index contributed by atoms with van der Waals surface area (Å²) in [6.07, 6.45) is -0.678. The summed E-state index contributed by atoms with van der Waals surface area (Å²) in [6, 6.07) is 10.7. The molecule has 5 nitrogen and oxygen atoms in total. The molecule has 5 rings (SSSR count). The predicted molar refractivity (Wildman–Crippen MR) is 127 cm³/mol. The van der Waals surface area contributed by atoms with Gasteiger partial charge in [0.1, 0.15) is 5.75 Å². The predicted octanol–water partition coefficient (Wildman–Crippen LogP) is 6.33. The molecule has 0 spiro atoms. The zero-order chi connectivity index (χ0) is 24.9. The molecule has 0 bridgehead atoms. The van der Waals surface area contributed by atoms with Crippen LogP contribution in [0.3, 0.4) is 0 Å². The number of rotatable bonds is 6. The van der Waals surface area contributed by atoms with Crippen molar-refractivity contribution in [1.82, 2.24) is 9.88 Å². The minimum atomic E-state index is -4.13. The van der Waals surface area contributed by atoms with Gasteiger partial charge >= 0.3 is 12.1 Å². The maximum absolute atomic E-state index is 13.3. The Labute approximate surface area is 201 Å². The number of piperidine rings is 1. The number of nitrogens with one attached hydrogen (secondary N) is 1. The number of ether oxygens (including phenoxy) is 1. The first kappa shape index (κ1) is 23.7. The number of aromatic carboxylic acids is 1. The molecule has 0 amide bonds. The van der Waals surface area contributed by atoms with Crippen LogP contribution >= 0.6 is 0 Å². The summed E-state index contributed by atoms with van der Waals surface area (Å²) in [7, 11) is 1.65. The maximum atomic E-state index is 13.3. The monoisotopic (exact) mass is 486 g/mol. The molecule has 186 valence electrons. The number of carboxylic acids is 1. The lowest BCUT2D eigenvalue weighted by molar-refractivity contribution is -0.153. The zero-order valence-electron chi connectivity index (χ0n) is 19.7. The molecule has 2 heterocycles. The van der Waals surface area contributed by atoms with E-state index in [4.69, 9.17) is 4.74 Å². The smallest absolute Gasteiger partial charge is 0.392 e. The number of benzene rings is 2. The second kappa shape index (κ2) is 8.90. The Morgan fingerprint density at radius 3 is 2.57 bits per heavy atom. The molecule has 2 fully saturated rings. The minimum absolute atomic E-state index is 0.00536. The average Bonchev–Trinajstić information content (AvgIpc) is 3.50. The molecular formula is C27H29F3N2O3. The summed E-state index contributed by atoms with van der Waals surface area (Å²) >= 11 is 0. The van der Waals surface area contributed by atoms with E-state index in [1.54, 1.807) is 31.4 Å². The molecule has 2 aliphatic rings. The fraction of sp³-hybridized carbons (Fsp3) is 0.444. The molecule has 1 saturated heterocycles. The second-order valence-electron chi connectivity index (χ2n) is 9.89. The third-order valence-electron chi connectivity index (χ3n) is 7.85. The lowest BCUT2D eigenvalue weighted by Gasteiger charge is -2.40. The maximum Gasteiger partial charge on any atom is 0.392 e. The van der Waals surface area contributed by atoms with Crippen LogP contribution in [0.1, 0.15) is 52.4 Å². The normalized spacial score (nSPS) is 25.1. The lowest BCUT2D eigenvalue weighted by atomic mass is 9.83. The highest BCUT2D eigenvalue weighted by Crippen LogP contribution is 2.57.